The number of nitrogens with zero attached hydrogens (tertiary/aromatic N) is 2. The molecule has 4 heteroatoms. The topological polar surface area (TPSA) is 28.2 Å². The zero-order valence-corrected chi connectivity index (χ0v) is 13.8. The maximum atomic E-state index is 4.79. The van der Waals surface area contributed by atoms with Gasteiger partial charge in [-0.25, -0.2) is 4.98 Å². The number of piperidine rings is 1. The van der Waals surface area contributed by atoms with E-state index in [0.717, 1.165) is 12.6 Å². The number of rotatable bonds is 3. The average Bonchev–Trinajstić information content (AvgIpc) is 3.02. The summed E-state index contributed by atoms with van der Waals surface area (Å²) < 4.78 is 0. The Morgan fingerprint density at radius 2 is 2.15 bits per heavy atom. The molecular formula is C16H27N3S. The fourth-order valence-electron chi connectivity index (χ4n) is 3.44. The first kappa shape index (κ1) is 14.5. The Hall–Kier alpha value is -0.450. The van der Waals surface area contributed by atoms with Crippen molar-refractivity contribution in [3.8, 4) is 0 Å². The highest BCUT2D eigenvalue weighted by Crippen LogP contribution is 2.28. The normalized spacial score (nSPS) is 27.8. The molecule has 2 aliphatic heterocycles. The fourth-order valence-corrected chi connectivity index (χ4v) is 4.41. The molecule has 112 valence electrons. The van der Waals surface area contributed by atoms with Crippen LogP contribution in [0.2, 0.25) is 0 Å². The summed E-state index contributed by atoms with van der Waals surface area (Å²) in [6, 6.07) is 1.46. The van der Waals surface area contributed by atoms with Crippen LogP contribution in [0.15, 0.2) is 5.38 Å². The minimum Gasteiger partial charge on any atom is -0.306 e. The number of hydrogen-bond donors (Lipinski definition) is 1. The van der Waals surface area contributed by atoms with Gasteiger partial charge in [0.2, 0.25) is 0 Å². The molecule has 0 amide bonds. The van der Waals surface area contributed by atoms with E-state index in [9.17, 15) is 0 Å². The standard InChI is InChI=1S/C16H27N3S/c1-16(2,3)14-11-20-15(18-14)10-17-12-7-9-19-8-5-4-6-13(12)19/h11-13,17H,4-10H2,1-3H3. The lowest BCUT2D eigenvalue weighted by atomic mass is 9.93. The molecule has 2 saturated heterocycles. The first-order valence-electron chi connectivity index (χ1n) is 7.96. The van der Waals surface area contributed by atoms with Crippen LogP contribution in [0.5, 0.6) is 0 Å². The Morgan fingerprint density at radius 3 is 2.90 bits per heavy atom. The predicted molar refractivity (Wildman–Crippen MR) is 85.3 cm³/mol. The molecule has 2 fully saturated rings. The van der Waals surface area contributed by atoms with Crippen LogP contribution in [-0.2, 0) is 12.0 Å². The zero-order valence-electron chi connectivity index (χ0n) is 13.0. The first-order valence-corrected chi connectivity index (χ1v) is 8.84. The third-order valence-electron chi connectivity index (χ3n) is 4.69. The third kappa shape index (κ3) is 3.07. The molecule has 0 radical (unpaired) electrons. The van der Waals surface area contributed by atoms with Gasteiger partial charge in [-0.2, -0.15) is 0 Å². The molecular weight excluding hydrogens is 266 g/mol. The van der Waals surface area contributed by atoms with Gasteiger partial charge >= 0.3 is 0 Å². The second-order valence-electron chi connectivity index (χ2n) is 7.25. The molecule has 0 aliphatic carbocycles. The van der Waals surface area contributed by atoms with E-state index in [4.69, 9.17) is 4.98 Å². The van der Waals surface area contributed by atoms with Crippen LogP contribution in [0.1, 0.15) is 57.2 Å². The molecule has 0 bridgehead atoms. The summed E-state index contributed by atoms with van der Waals surface area (Å²) in [5, 5.41) is 7.23. The molecule has 3 heterocycles. The van der Waals surface area contributed by atoms with Gasteiger partial charge in [0.25, 0.3) is 0 Å². The van der Waals surface area contributed by atoms with Gasteiger partial charge in [0.15, 0.2) is 0 Å². The quantitative estimate of drug-likeness (QED) is 0.928. The summed E-state index contributed by atoms with van der Waals surface area (Å²) in [5.41, 5.74) is 1.40. The molecule has 20 heavy (non-hydrogen) atoms. The molecule has 0 aromatic carbocycles. The molecule has 1 aromatic rings. The van der Waals surface area contributed by atoms with E-state index in [2.05, 4.69) is 36.4 Å². The summed E-state index contributed by atoms with van der Waals surface area (Å²) in [7, 11) is 0. The van der Waals surface area contributed by atoms with Crippen molar-refractivity contribution >= 4 is 11.3 Å². The van der Waals surface area contributed by atoms with E-state index in [-0.39, 0.29) is 5.41 Å². The van der Waals surface area contributed by atoms with Crippen LogP contribution in [0, 0.1) is 0 Å². The molecule has 0 saturated carbocycles. The Kier molecular flexibility index (Phi) is 4.16. The van der Waals surface area contributed by atoms with Gasteiger partial charge < -0.3 is 5.32 Å². The van der Waals surface area contributed by atoms with E-state index in [0.29, 0.717) is 6.04 Å². The summed E-state index contributed by atoms with van der Waals surface area (Å²) in [6.45, 7) is 10.2. The molecule has 1 N–H and O–H groups in total. The highest BCUT2D eigenvalue weighted by molar-refractivity contribution is 7.09. The Labute approximate surface area is 126 Å². The SMILES string of the molecule is CC(C)(C)c1csc(CNC2CCN3CCCCC23)n1. The molecule has 1 aromatic heterocycles. The maximum absolute atomic E-state index is 4.79. The lowest BCUT2D eigenvalue weighted by Gasteiger charge is -2.32. The Morgan fingerprint density at radius 1 is 1.30 bits per heavy atom. The molecule has 2 unspecified atom stereocenters. The number of hydrogen-bond acceptors (Lipinski definition) is 4. The van der Waals surface area contributed by atoms with Gasteiger partial charge in [-0.05, 0) is 25.8 Å². The van der Waals surface area contributed by atoms with E-state index >= 15 is 0 Å². The number of aromatic nitrogens is 1. The molecule has 2 aliphatic rings. The summed E-state index contributed by atoms with van der Waals surface area (Å²) in [6.07, 6.45) is 5.49. The lowest BCUT2D eigenvalue weighted by Crippen LogP contribution is -2.44. The van der Waals surface area contributed by atoms with E-state index in [1.165, 1.54) is 49.5 Å². The van der Waals surface area contributed by atoms with Crippen molar-refractivity contribution in [2.45, 2.75) is 70.5 Å². The number of nitrogens with one attached hydrogen (secondary N) is 1. The van der Waals surface area contributed by atoms with E-state index in [1.54, 1.807) is 11.3 Å². The monoisotopic (exact) mass is 293 g/mol. The molecule has 3 rings (SSSR count). The predicted octanol–water partition coefficient (Wildman–Crippen LogP) is 3.16. The molecule has 3 nitrogen and oxygen atoms in total. The van der Waals surface area contributed by atoms with Crippen molar-refractivity contribution in [2.24, 2.45) is 0 Å². The summed E-state index contributed by atoms with van der Waals surface area (Å²) in [4.78, 5) is 7.47. The zero-order chi connectivity index (χ0) is 14.2. The van der Waals surface area contributed by atoms with Gasteiger partial charge in [-0.3, -0.25) is 4.90 Å². The lowest BCUT2D eigenvalue weighted by molar-refractivity contribution is 0.180. The molecule has 2 atom stereocenters. The fraction of sp³-hybridized carbons (Fsp3) is 0.812. The highest BCUT2D eigenvalue weighted by Gasteiger charge is 2.35. The van der Waals surface area contributed by atoms with Crippen LogP contribution < -0.4 is 5.32 Å². The van der Waals surface area contributed by atoms with Gasteiger partial charge in [0, 0.05) is 36.0 Å². The second-order valence-corrected chi connectivity index (χ2v) is 8.19. The average molecular weight is 293 g/mol. The number of fused-ring (bicyclic) bond motifs is 1. The van der Waals surface area contributed by atoms with Crippen molar-refractivity contribution < 1.29 is 0 Å². The van der Waals surface area contributed by atoms with Crippen molar-refractivity contribution in [2.75, 3.05) is 13.1 Å². The highest BCUT2D eigenvalue weighted by atomic mass is 32.1. The summed E-state index contributed by atoms with van der Waals surface area (Å²) in [5.74, 6) is 0. The smallest absolute Gasteiger partial charge is 0.107 e. The summed E-state index contributed by atoms with van der Waals surface area (Å²) >= 11 is 1.80. The first-order chi connectivity index (χ1) is 9.54. The van der Waals surface area contributed by atoms with Crippen LogP contribution in [0.25, 0.3) is 0 Å². The van der Waals surface area contributed by atoms with Gasteiger partial charge in [0.05, 0.1) is 5.69 Å². The van der Waals surface area contributed by atoms with Crippen molar-refractivity contribution in [1.82, 2.24) is 15.2 Å². The molecule has 0 spiro atoms. The van der Waals surface area contributed by atoms with Crippen LogP contribution >= 0.6 is 11.3 Å². The second kappa shape index (κ2) is 5.74. The number of thiazole rings is 1. The van der Waals surface area contributed by atoms with E-state index < -0.39 is 0 Å². The van der Waals surface area contributed by atoms with Gasteiger partial charge in [-0.15, -0.1) is 11.3 Å². The van der Waals surface area contributed by atoms with Crippen LogP contribution in [0.4, 0.5) is 0 Å². The minimum absolute atomic E-state index is 0.169. The largest absolute Gasteiger partial charge is 0.306 e. The van der Waals surface area contributed by atoms with Gasteiger partial charge in [-0.1, -0.05) is 27.2 Å². The van der Waals surface area contributed by atoms with Crippen molar-refractivity contribution in [3.05, 3.63) is 16.1 Å². The van der Waals surface area contributed by atoms with Gasteiger partial charge in [0.1, 0.15) is 5.01 Å². The van der Waals surface area contributed by atoms with Crippen molar-refractivity contribution in [1.29, 1.82) is 0 Å². The van der Waals surface area contributed by atoms with E-state index in [1.807, 2.05) is 0 Å². The maximum Gasteiger partial charge on any atom is 0.107 e. The Balaban J connectivity index is 1.56. The minimum atomic E-state index is 0.169. The third-order valence-corrected chi connectivity index (χ3v) is 5.54. The van der Waals surface area contributed by atoms with Crippen LogP contribution in [0.3, 0.4) is 0 Å². The van der Waals surface area contributed by atoms with Crippen LogP contribution in [-0.4, -0.2) is 35.1 Å². The Bertz CT molecular complexity index is 449. The van der Waals surface area contributed by atoms with Crippen molar-refractivity contribution in [3.63, 3.8) is 0 Å².